The topological polar surface area (TPSA) is 56.6 Å². The van der Waals surface area contributed by atoms with Gasteiger partial charge in [-0.3, -0.25) is 4.90 Å². The summed E-state index contributed by atoms with van der Waals surface area (Å²) in [5.41, 5.74) is 1.12. The molecular formula is C18H22ClN3O3. The van der Waals surface area contributed by atoms with E-state index in [9.17, 15) is 4.79 Å². The van der Waals surface area contributed by atoms with Crippen LogP contribution in [0.5, 0.6) is 0 Å². The number of amides is 1. The van der Waals surface area contributed by atoms with Crippen molar-refractivity contribution in [3.05, 3.63) is 47.5 Å². The van der Waals surface area contributed by atoms with Gasteiger partial charge in [-0.2, -0.15) is 0 Å². The maximum atomic E-state index is 12.5. The van der Waals surface area contributed by atoms with Crippen LogP contribution >= 0.6 is 11.6 Å². The van der Waals surface area contributed by atoms with Crippen molar-refractivity contribution in [3.63, 3.8) is 0 Å². The van der Waals surface area contributed by atoms with Gasteiger partial charge in [-0.25, -0.2) is 9.78 Å². The van der Waals surface area contributed by atoms with Crippen LogP contribution in [0.25, 0.3) is 5.69 Å². The molecule has 1 aliphatic rings. The van der Waals surface area contributed by atoms with Crippen molar-refractivity contribution in [2.45, 2.75) is 32.4 Å². The van der Waals surface area contributed by atoms with Gasteiger partial charge >= 0.3 is 6.09 Å². The third-order valence-electron chi connectivity index (χ3n) is 3.81. The lowest BCUT2D eigenvalue weighted by atomic mass is 10.1. The molecule has 1 atom stereocenters. The van der Waals surface area contributed by atoms with Gasteiger partial charge < -0.3 is 14.0 Å². The normalized spacial score (nSPS) is 18.2. The molecule has 0 bridgehead atoms. The molecule has 0 saturated carbocycles. The van der Waals surface area contributed by atoms with Crippen molar-refractivity contribution in [2.75, 3.05) is 19.8 Å². The Morgan fingerprint density at radius 2 is 2.20 bits per heavy atom. The van der Waals surface area contributed by atoms with Crippen LogP contribution in [0.4, 0.5) is 4.79 Å². The number of hydrogen-bond acceptors (Lipinski definition) is 4. The Morgan fingerprint density at radius 3 is 2.92 bits per heavy atom. The second kappa shape index (κ2) is 7.06. The number of rotatable bonds is 2. The Bertz CT molecular complexity index is 754. The summed E-state index contributed by atoms with van der Waals surface area (Å²) < 4.78 is 13.0. The third kappa shape index (κ3) is 4.32. The fourth-order valence-corrected chi connectivity index (χ4v) is 2.86. The molecule has 7 heteroatoms. The summed E-state index contributed by atoms with van der Waals surface area (Å²) in [7, 11) is 0. The molecule has 25 heavy (non-hydrogen) atoms. The molecule has 3 rings (SSSR count). The predicted octanol–water partition coefficient (Wildman–Crippen LogP) is 3.83. The van der Waals surface area contributed by atoms with Gasteiger partial charge in [-0.05, 0) is 39.0 Å². The van der Waals surface area contributed by atoms with Crippen LogP contribution in [-0.2, 0) is 9.47 Å². The molecule has 0 N–H and O–H groups in total. The van der Waals surface area contributed by atoms with Crippen molar-refractivity contribution in [1.82, 2.24) is 14.5 Å². The van der Waals surface area contributed by atoms with Gasteiger partial charge in [0.15, 0.2) is 0 Å². The van der Waals surface area contributed by atoms with Crippen LogP contribution in [0.2, 0.25) is 5.02 Å². The number of hydrogen-bond donors (Lipinski definition) is 0. The second-order valence-electron chi connectivity index (χ2n) is 6.95. The Morgan fingerprint density at radius 1 is 1.40 bits per heavy atom. The van der Waals surface area contributed by atoms with Crippen LogP contribution in [0.15, 0.2) is 36.8 Å². The summed E-state index contributed by atoms with van der Waals surface area (Å²) >= 11 is 6.05. The van der Waals surface area contributed by atoms with E-state index in [0.29, 0.717) is 24.8 Å². The fraction of sp³-hybridized carbons (Fsp3) is 0.444. The number of carbonyl (C=O) groups excluding carboxylic acids is 1. The Kier molecular flexibility index (Phi) is 5.01. The number of morpholine rings is 1. The highest BCUT2D eigenvalue weighted by molar-refractivity contribution is 6.30. The molecule has 1 fully saturated rings. The lowest BCUT2D eigenvalue weighted by Gasteiger charge is -2.35. The fourth-order valence-electron chi connectivity index (χ4n) is 2.68. The highest BCUT2D eigenvalue weighted by atomic mass is 35.5. The summed E-state index contributed by atoms with van der Waals surface area (Å²) in [6.45, 7) is 6.93. The van der Waals surface area contributed by atoms with E-state index >= 15 is 0 Å². The zero-order valence-electron chi connectivity index (χ0n) is 14.6. The number of imidazole rings is 1. The zero-order valence-corrected chi connectivity index (χ0v) is 15.4. The molecule has 1 saturated heterocycles. The van der Waals surface area contributed by atoms with E-state index in [1.165, 1.54) is 0 Å². The number of aromatic nitrogens is 2. The van der Waals surface area contributed by atoms with Crippen LogP contribution in [0.3, 0.4) is 0 Å². The first-order valence-corrected chi connectivity index (χ1v) is 8.58. The lowest BCUT2D eigenvalue weighted by molar-refractivity contribution is -0.0339. The molecule has 2 aromatic rings. The summed E-state index contributed by atoms with van der Waals surface area (Å²) in [6.07, 6.45) is 3.25. The molecular weight excluding hydrogens is 342 g/mol. The summed E-state index contributed by atoms with van der Waals surface area (Å²) in [6, 6.07) is 7.23. The third-order valence-corrected chi connectivity index (χ3v) is 4.04. The van der Waals surface area contributed by atoms with E-state index in [1.807, 2.05) is 55.8 Å². The number of nitrogens with zero attached hydrogens (tertiary/aromatic N) is 3. The van der Waals surface area contributed by atoms with Gasteiger partial charge in [-0.1, -0.05) is 17.7 Å². The molecule has 0 aliphatic carbocycles. The second-order valence-corrected chi connectivity index (χ2v) is 7.39. The van der Waals surface area contributed by atoms with Crippen molar-refractivity contribution in [2.24, 2.45) is 0 Å². The van der Waals surface area contributed by atoms with Crippen molar-refractivity contribution < 1.29 is 14.3 Å². The molecule has 0 radical (unpaired) electrons. The number of halogens is 1. The van der Waals surface area contributed by atoms with Crippen LogP contribution in [-0.4, -0.2) is 45.9 Å². The monoisotopic (exact) mass is 363 g/mol. The SMILES string of the molecule is CC(C)(C)OC(=O)N1CCOCC1c1cn(-c2cccc(Cl)c2)cn1. The van der Waals surface area contributed by atoms with Crippen LogP contribution < -0.4 is 0 Å². The quantitative estimate of drug-likeness (QED) is 0.813. The molecule has 1 aromatic carbocycles. The Labute approximate surface area is 152 Å². The number of carbonyl (C=O) groups is 1. The van der Waals surface area contributed by atoms with E-state index in [1.54, 1.807) is 11.2 Å². The first-order chi connectivity index (χ1) is 11.8. The first-order valence-electron chi connectivity index (χ1n) is 8.21. The van der Waals surface area contributed by atoms with Gasteiger partial charge in [0.25, 0.3) is 0 Å². The summed E-state index contributed by atoms with van der Waals surface area (Å²) in [5.74, 6) is 0. The van der Waals surface area contributed by atoms with E-state index in [2.05, 4.69) is 4.98 Å². The minimum Gasteiger partial charge on any atom is -0.444 e. The largest absolute Gasteiger partial charge is 0.444 e. The highest BCUT2D eigenvalue weighted by Gasteiger charge is 2.33. The van der Waals surface area contributed by atoms with Gasteiger partial charge in [0.1, 0.15) is 11.6 Å². The highest BCUT2D eigenvalue weighted by Crippen LogP contribution is 2.26. The van der Waals surface area contributed by atoms with E-state index in [0.717, 1.165) is 11.4 Å². The van der Waals surface area contributed by atoms with Gasteiger partial charge in [0.2, 0.25) is 0 Å². The van der Waals surface area contributed by atoms with E-state index < -0.39 is 5.60 Å². The molecule has 1 aromatic heterocycles. The summed E-state index contributed by atoms with van der Waals surface area (Å²) in [5, 5.41) is 0.657. The van der Waals surface area contributed by atoms with Crippen LogP contribution in [0, 0.1) is 0 Å². The van der Waals surface area contributed by atoms with E-state index in [4.69, 9.17) is 21.1 Å². The van der Waals surface area contributed by atoms with Crippen molar-refractivity contribution in [3.8, 4) is 5.69 Å². The molecule has 0 spiro atoms. The smallest absolute Gasteiger partial charge is 0.411 e. The zero-order chi connectivity index (χ0) is 18.0. The number of ether oxygens (including phenoxy) is 2. The maximum Gasteiger partial charge on any atom is 0.411 e. The lowest BCUT2D eigenvalue weighted by Crippen LogP contribution is -2.45. The average Bonchev–Trinajstić information content (AvgIpc) is 3.03. The Hall–Kier alpha value is -2.05. The van der Waals surface area contributed by atoms with Crippen molar-refractivity contribution in [1.29, 1.82) is 0 Å². The molecule has 1 amide bonds. The molecule has 1 unspecified atom stereocenters. The van der Waals surface area contributed by atoms with Gasteiger partial charge in [0, 0.05) is 23.5 Å². The molecule has 2 heterocycles. The molecule has 134 valence electrons. The molecule has 6 nitrogen and oxygen atoms in total. The predicted molar refractivity (Wildman–Crippen MR) is 95.1 cm³/mol. The minimum atomic E-state index is -0.542. The number of benzene rings is 1. The summed E-state index contributed by atoms with van der Waals surface area (Å²) in [4.78, 5) is 18.7. The molecule has 1 aliphatic heterocycles. The van der Waals surface area contributed by atoms with E-state index in [-0.39, 0.29) is 12.1 Å². The van der Waals surface area contributed by atoms with Crippen LogP contribution in [0.1, 0.15) is 32.5 Å². The average molecular weight is 364 g/mol. The maximum absolute atomic E-state index is 12.5. The standard InChI is InChI=1S/C18H22ClN3O3/c1-18(2,3)25-17(23)22-7-8-24-11-16(22)15-10-21(12-20-15)14-6-4-5-13(19)9-14/h4-6,9-10,12,16H,7-8,11H2,1-3H3. The van der Waals surface area contributed by atoms with Gasteiger partial charge in [0.05, 0.1) is 25.2 Å². The minimum absolute atomic E-state index is 0.274. The first kappa shape index (κ1) is 17.8. The Balaban J connectivity index is 1.82. The van der Waals surface area contributed by atoms with Gasteiger partial charge in [-0.15, -0.1) is 0 Å². The van der Waals surface area contributed by atoms with Crippen molar-refractivity contribution >= 4 is 17.7 Å².